The molecular weight excluding hydrogens is 335 g/mol. The fourth-order valence-corrected chi connectivity index (χ4v) is 2.78. The van der Waals surface area contributed by atoms with Gasteiger partial charge in [0, 0.05) is 12.6 Å². The van der Waals surface area contributed by atoms with Gasteiger partial charge in [0.05, 0.1) is 11.7 Å². The zero-order valence-corrected chi connectivity index (χ0v) is 14.9. The van der Waals surface area contributed by atoms with Crippen LogP contribution in [0.2, 0.25) is 0 Å². The molecule has 0 aliphatic carbocycles. The lowest BCUT2D eigenvalue weighted by atomic mass is 10.0. The van der Waals surface area contributed by atoms with E-state index in [0.717, 1.165) is 31.5 Å². The first-order valence-electron chi connectivity index (χ1n) is 8.37. The van der Waals surface area contributed by atoms with Crippen molar-refractivity contribution < 1.29 is 27.4 Å². The van der Waals surface area contributed by atoms with E-state index in [4.69, 9.17) is 9.47 Å². The van der Waals surface area contributed by atoms with Gasteiger partial charge in [0.15, 0.2) is 0 Å². The van der Waals surface area contributed by atoms with Crippen molar-refractivity contribution >= 4 is 5.97 Å². The average molecular weight is 359 g/mol. The van der Waals surface area contributed by atoms with Crippen molar-refractivity contribution in [3.05, 3.63) is 29.3 Å². The highest BCUT2D eigenvalue weighted by Crippen LogP contribution is 2.34. The quantitative estimate of drug-likeness (QED) is 0.758. The summed E-state index contributed by atoms with van der Waals surface area (Å²) in [7, 11) is 2.02. The smallest absolute Gasteiger partial charge is 0.416 e. The summed E-state index contributed by atoms with van der Waals surface area (Å²) in [5, 5.41) is 0. The van der Waals surface area contributed by atoms with Gasteiger partial charge < -0.3 is 14.4 Å². The molecule has 0 aromatic heterocycles. The summed E-state index contributed by atoms with van der Waals surface area (Å²) in [6.07, 6.45) is -3.61. The Morgan fingerprint density at radius 2 is 2.00 bits per heavy atom. The first-order chi connectivity index (χ1) is 11.6. The van der Waals surface area contributed by atoms with Crippen LogP contribution in [-0.4, -0.2) is 42.7 Å². The Hall–Kier alpha value is -1.76. The lowest BCUT2D eigenvalue weighted by Crippen LogP contribution is -2.42. The third kappa shape index (κ3) is 5.11. The van der Waals surface area contributed by atoms with E-state index in [9.17, 15) is 18.0 Å². The van der Waals surface area contributed by atoms with Crippen LogP contribution in [-0.2, 0) is 10.9 Å². The molecule has 1 unspecified atom stereocenters. The molecule has 0 spiro atoms. The van der Waals surface area contributed by atoms with Crippen molar-refractivity contribution in [2.75, 3.05) is 13.6 Å². The lowest BCUT2D eigenvalue weighted by Gasteiger charge is -2.35. The second kappa shape index (κ2) is 7.64. The highest BCUT2D eigenvalue weighted by atomic mass is 19.4. The maximum Gasteiger partial charge on any atom is 0.416 e. The molecule has 0 radical (unpaired) electrons. The van der Waals surface area contributed by atoms with E-state index in [0.29, 0.717) is 6.04 Å². The molecule has 1 saturated heterocycles. The number of nitrogens with zero attached hydrogens (tertiary/aromatic N) is 1. The summed E-state index contributed by atoms with van der Waals surface area (Å²) in [4.78, 5) is 14.4. The molecule has 0 saturated carbocycles. The van der Waals surface area contributed by atoms with Gasteiger partial charge in [0.2, 0.25) is 0 Å². The minimum Gasteiger partial charge on any atom is -0.489 e. The molecule has 0 amide bonds. The van der Waals surface area contributed by atoms with Crippen LogP contribution >= 0.6 is 0 Å². The number of hydrogen-bond acceptors (Lipinski definition) is 4. The fraction of sp³-hybridized carbons (Fsp3) is 0.611. The molecule has 1 aromatic carbocycles. The summed E-state index contributed by atoms with van der Waals surface area (Å²) in [6.45, 7) is 6.18. The minimum absolute atomic E-state index is 0.139. The predicted molar refractivity (Wildman–Crippen MR) is 87.7 cm³/mol. The van der Waals surface area contributed by atoms with Crippen molar-refractivity contribution in [3.8, 4) is 5.75 Å². The molecule has 4 nitrogen and oxygen atoms in total. The molecule has 1 aliphatic heterocycles. The van der Waals surface area contributed by atoms with E-state index >= 15 is 0 Å². The van der Waals surface area contributed by atoms with E-state index in [1.54, 1.807) is 13.8 Å². The van der Waals surface area contributed by atoms with Gasteiger partial charge >= 0.3 is 12.1 Å². The SMILES string of the molecule is CC(C)OC(=O)c1cc(C(F)(F)F)ccc1O[C@H]1CCN(C)C(C)C1. The standard InChI is InChI=1S/C18H24F3NO3/c1-11(2)24-17(23)15-10-13(18(19,20)21)5-6-16(15)25-14-7-8-22(4)12(3)9-14/h5-6,10-12,14H,7-9H2,1-4H3/t12?,14-/m0/s1. The number of halogens is 3. The second-order valence-electron chi connectivity index (χ2n) is 6.76. The second-order valence-corrected chi connectivity index (χ2v) is 6.76. The van der Waals surface area contributed by atoms with Gasteiger partial charge in [-0.2, -0.15) is 13.2 Å². The van der Waals surface area contributed by atoms with Gasteiger partial charge in [-0.15, -0.1) is 0 Å². The fourth-order valence-electron chi connectivity index (χ4n) is 2.78. The Balaban J connectivity index is 2.28. The van der Waals surface area contributed by atoms with E-state index in [1.807, 2.05) is 7.05 Å². The Kier molecular flexibility index (Phi) is 5.98. The van der Waals surface area contributed by atoms with Crippen LogP contribution in [0, 0.1) is 0 Å². The zero-order chi connectivity index (χ0) is 18.8. The van der Waals surface area contributed by atoms with Gasteiger partial charge in [-0.3, -0.25) is 0 Å². The highest BCUT2D eigenvalue weighted by Gasteiger charge is 2.33. The van der Waals surface area contributed by atoms with Gasteiger partial charge in [-0.1, -0.05) is 0 Å². The number of hydrogen-bond donors (Lipinski definition) is 0. The largest absolute Gasteiger partial charge is 0.489 e. The topological polar surface area (TPSA) is 38.8 Å². The van der Waals surface area contributed by atoms with Gasteiger partial charge in [0.25, 0.3) is 0 Å². The van der Waals surface area contributed by atoms with Crippen LogP contribution in [0.4, 0.5) is 13.2 Å². The van der Waals surface area contributed by atoms with Crippen molar-refractivity contribution in [2.45, 2.75) is 58.0 Å². The highest BCUT2D eigenvalue weighted by molar-refractivity contribution is 5.93. The van der Waals surface area contributed by atoms with E-state index in [1.165, 1.54) is 6.07 Å². The molecule has 2 atom stereocenters. The van der Waals surface area contributed by atoms with E-state index in [-0.39, 0.29) is 17.4 Å². The number of ether oxygens (including phenoxy) is 2. The van der Waals surface area contributed by atoms with Crippen LogP contribution < -0.4 is 4.74 Å². The molecule has 1 aromatic rings. The first-order valence-corrected chi connectivity index (χ1v) is 8.37. The number of carbonyl (C=O) groups excluding carboxylic acids is 1. The number of carbonyl (C=O) groups is 1. The molecule has 1 fully saturated rings. The molecule has 2 rings (SSSR count). The third-order valence-corrected chi connectivity index (χ3v) is 4.32. The Bertz CT molecular complexity index is 616. The summed E-state index contributed by atoms with van der Waals surface area (Å²) < 4.78 is 49.9. The first kappa shape index (κ1) is 19.6. The molecule has 140 valence electrons. The van der Waals surface area contributed by atoms with Crippen LogP contribution in [0.1, 0.15) is 49.5 Å². The lowest BCUT2D eigenvalue weighted by molar-refractivity contribution is -0.137. The monoisotopic (exact) mass is 359 g/mol. The number of alkyl halides is 3. The number of rotatable bonds is 4. The molecule has 25 heavy (non-hydrogen) atoms. The molecule has 7 heteroatoms. The molecule has 0 N–H and O–H groups in total. The Morgan fingerprint density at radius 1 is 1.32 bits per heavy atom. The Morgan fingerprint density at radius 3 is 2.56 bits per heavy atom. The maximum absolute atomic E-state index is 13.0. The van der Waals surface area contributed by atoms with Crippen molar-refractivity contribution in [2.24, 2.45) is 0 Å². The zero-order valence-electron chi connectivity index (χ0n) is 14.9. The summed E-state index contributed by atoms with van der Waals surface area (Å²) >= 11 is 0. The van der Waals surface area contributed by atoms with Crippen LogP contribution in [0.15, 0.2) is 18.2 Å². The van der Waals surface area contributed by atoms with E-state index in [2.05, 4.69) is 11.8 Å². The van der Waals surface area contributed by atoms with Gasteiger partial charge in [-0.05, 0) is 58.9 Å². The summed E-state index contributed by atoms with van der Waals surface area (Å²) in [6, 6.07) is 3.25. The molecular formula is C18H24F3NO3. The number of benzene rings is 1. The minimum atomic E-state index is -4.53. The van der Waals surface area contributed by atoms with E-state index < -0.39 is 23.8 Å². The maximum atomic E-state index is 13.0. The number of piperidine rings is 1. The number of likely N-dealkylation sites (tertiary alicyclic amines) is 1. The summed E-state index contributed by atoms with van der Waals surface area (Å²) in [5.41, 5.74) is -1.08. The van der Waals surface area contributed by atoms with Crippen LogP contribution in [0.3, 0.4) is 0 Å². The Labute approximate surface area is 145 Å². The van der Waals surface area contributed by atoms with Gasteiger partial charge in [0.1, 0.15) is 17.4 Å². The number of esters is 1. The van der Waals surface area contributed by atoms with Crippen LogP contribution in [0.25, 0.3) is 0 Å². The average Bonchev–Trinajstić information content (AvgIpc) is 2.49. The van der Waals surface area contributed by atoms with Gasteiger partial charge in [-0.25, -0.2) is 4.79 Å². The summed E-state index contributed by atoms with van der Waals surface area (Å²) in [5.74, 6) is -0.669. The normalized spacial score (nSPS) is 22.1. The molecule has 0 bridgehead atoms. The third-order valence-electron chi connectivity index (χ3n) is 4.32. The predicted octanol–water partition coefficient (Wildman–Crippen LogP) is 4.13. The van der Waals surface area contributed by atoms with Crippen molar-refractivity contribution in [3.63, 3.8) is 0 Å². The van der Waals surface area contributed by atoms with Crippen molar-refractivity contribution in [1.29, 1.82) is 0 Å². The molecule has 1 aliphatic rings. The van der Waals surface area contributed by atoms with Crippen molar-refractivity contribution in [1.82, 2.24) is 4.90 Å². The van der Waals surface area contributed by atoms with Crippen LogP contribution in [0.5, 0.6) is 5.75 Å². The molecule has 1 heterocycles.